The van der Waals surface area contributed by atoms with E-state index < -0.39 is 0 Å². The Balaban J connectivity index is 1.42. The second-order valence-electron chi connectivity index (χ2n) is 8.14. The van der Waals surface area contributed by atoms with Gasteiger partial charge in [-0.2, -0.15) is 4.98 Å². The number of nitrogens with zero attached hydrogens (tertiary/aromatic N) is 5. The number of fused-ring (bicyclic) bond motifs is 1. The number of anilines is 4. The Kier molecular flexibility index (Phi) is 5.02. The van der Waals surface area contributed by atoms with Crippen LogP contribution in [-0.2, 0) is 0 Å². The highest BCUT2D eigenvalue weighted by Crippen LogP contribution is 2.38. The van der Waals surface area contributed by atoms with Gasteiger partial charge in [0.05, 0.1) is 29.7 Å². The zero-order chi connectivity index (χ0) is 22.2. The van der Waals surface area contributed by atoms with Gasteiger partial charge in [0.25, 0.3) is 0 Å². The number of ether oxygens (including phenoxy) is 1. The van der Waals surface area contributed by atoms with Crippen molar-refractivity contribution in [2.45, 2.75) is 6.04 Å². The molecule has 0 bridgehead atoms. The molecule has 1 aliphatic heterocycles. The fourth-order valence-corrected chi connectivity index (χ4v) is 3.98. The number of para-hydroxylation sites is 1. The Bertz CT molecular complexity index is 1260. The maximum Gasteiger partial charge on any atom is 0.230 e. The number of likely N-dealkylation sites (N-methyl/N-ethyl adjacent to an activating group) is 1. The first-order chi connectivity index (χ1) is 15.5. The van der Waals surface area contributed by atoms with Crippen molar-refractivity contribution >= 4 is 33.9 Å². The highest BCUT2D eigenvalue weighted by atomic mass is 16.5. The first-order valence-electron chi connectivity index (χ1n) is 10.4. The quantitative estimate of drug-likeness (QED) is 0.401. The maximum atomic E-state index is 6.39. The van der Waals surface area contributed by atoms with E-state index in [0.29, 0.717) is 34.9 Å². The van der Waals surface area contributed by atoms with Crippen LogP contribution < -0.4 is 20.7 Å². The second-order valence-corrected chi connectivity index (χ2v) is 8.14. The summed E-state index contributed by atoms with van der Waals surface area (Å²) >= 11 is 0. The number of H-pyrrole nitrogens is 1. The third-order valence-corrected chi connectivity index (χ3v) is 5.93. The molecule has 0 spiro atoms. The molecule has 9 heteroatoms. The molecule has 5 rings (SSSR count). The molecular formula is C23H26N8O. The van der Waals surface area contributed by atoms with Crippen LogP contribution in [0.5, 0.6) is 5.75 Å². The number of nitrogens with two attached hydrogens (primary N) is 1. The van der Waals surface area contributed by atoms with Gasteiger partial charge in [0.1, 0.15) is 12.1 Å². The number of aromatic nitrogens is 4. The van der Waals surface area contributed by atoms with Gasteiger partial charge in [-0.1, -0.05) is 12.1 Å². The molecule has 2 aromatic carbocycles. The predicted octanol–water partition coefficient (Wildman–Crippen LogP) is 3.10. The standard InChI is InChI=1S/C23H26N8O/c1-30(2)15-11-31(12-15)19-10-20(32-3)18(9-17(19)24)28-23-27-13-26-22(29-23)16-6-4-5-14-7-8-25-21(14)16/h4-10,13,15,25H,11-12,24H2,1-3H3,(H,26,27,28,29). The molecule has 32 heavy (non-hydrogen) atoms. The lowest BCUT2D eigenvalue weighted by Gasteiger charge is -2.44. The van der Waals surface area contributed by atoms with Gasteiger partial charge in [-0.25, -0.2) is 9.97 Å². The molecule has 0 saturated carbocycles. The zero-order valence-corrected chi connectivity index (χ0v) is 18.3. The minimum absolute atomic E-state index is 0.417. The summed E-state index contributed by atoms with van der Waals surface area (Å²) in [6, 6.07) is 12.4. The number of rotatable bonds is 6. The summed E-state index contributed by atoms with van der Waals surface area (Å²) in [7, 11) is 5.83. The van der Waals surface area contributed by atoms with Crippen LogP contribution in [0.15, 0.2) is 48.9 Å². The normalized spacial score (nSPS) is 14.1. The average molecular weight is 431 g/mol. The lowest BCUT2D eigenvalue weighted by molar-refractivity contribution is 0.247. The Morgan fingerprint density at radius 2 is 2.03 bits per heavy atom. The molecule has 1 saturated heterocycles. The largest absolute Gasteiger partial charge is 0.494 e. The van der Waals surface area contributed by atoms with Gasteiger partial charge in [0.15, 0.2) is 5.82 Å². The predicted molar refractivity (Wildman–Crippen MR) is 127 cm³/mol. The number of hydrogen-bond donors (Lipinski definition) is 3. The topological polar surface area (TPSA) is 108 Å². The van der Waals surface area contributed by atoms with E-state index in [9.17, 15) is 0 Å². The first kappa shape index (κ1) is 20.1. The molecular weight excluding hydrogens is 404 g/mol. The van der Waals surface area contributed by atoms with E-state index in [1.165, 1.54) is 6.33 Å². The number of nitrogens with one attached hydrogen (secondary N) is 2. The minimum Gasteiger partial charge on any atom is -0.494 e. The fraction of sp³-hybridized carbons (Fsp3) is 0.261. The van der Waals surface area contributed by atoms with E-state index in [-0.39, 0.29) is 0 Å². The Morgan fingerprint density at radius 3 is 2.81 bits per heavy atom. The molecule has 4 aromatic rings. The van der Waals surface area contributed by atoms with E-state index in [0.717, 1.165) is 35.2 Å². The minimum atomic E-state index is 0.417. The van der Waals surface area contributed by atoms with E-state index in [4.69, 9.17) is 10.5 Å². The van der Waals surface area contributed by atoms with Crippen molar-refractivity contribution < 1.29 is 4.74 Å². The number of hydrogen-bond acceptors (Lipinski definition) is 8. The van der Waals surface area contributed by atoms with Gasteiger partial charge in [-0.05, 0) is 32.3 Å². The molecule has 2 aromatic heterocycles. The van der Waals surface area contributed by atoms with E-state index in [1.807, 2.05) is 42.6 Å². The SMILES string of the molecule is COc1cc(N2CC(N(C)C)C2)c(N)cc1Nc1ncnc(-c2cccc3cc[nH]c23)n1. The summed E-state index contributed by atoms with van der Waals surface area (Å²) in [5.41, 5.74) is 10.6. The highest BCUT2D eigenvalue weighted by Gasteiger charge is 2.30. The maximum absolute atomic E-state index is 6.39. The number of nitrogen functional groups attached to an aromatic ring is 1. The Hall–Kier alpha value is -3.85. The highest BCUT2D eigenvalue weighted by molar-refractivity contribution is 5.92. The molecule has 0 radical (unpaired) electrons. The molecule has 0 atom stereocenters. The van der Waals surface area contributed by atoms with Crippen molar-refractivity contribution in [3.8, 4) is 17.1 Å². The number of aromatic amines is 1. The Labute approximate surface area is 186 Å². The van der Waals surface area contributed by atoms with Crippen molar-refractivity contribution in [3.63, 3.8) is 0 Å². The van der Waals surface area contributed by atoms with Crippen molar-refractivity contribution in [1.82, 2.24) is 24.8 Å². The van der Waals surface area contributed by atoms with Gasteiger partial charge >= 0.3 is 0 Å². The summed E-state index contributed by atoms with van der Waals surface area (Å²) in [6.45, 7) is 1.88. The van der Waals surface area contributed by atoms with Crippen LogP contribution in [0.25, 0.3) is 22.3 Å². The molecule has 164 valence electrons. The summed E-state index contributed by atoms with van der Waals surface area (Å²) in [5, 5.41) is 4.34. The monoisotopic (exact) mass is 430 g/mol. The molecule has 4 N–H and O–H groups in total. The zero-order valence-electron chi connectivity index (χ0n) is 18.3. The average Bonchev–Trinajstić information content (AvgIpc) is 3.23. The van der Waals surface area contributed by atoms with E-state index in [2.05, 4.69) is 49.1 Å². The van der Waals surface area contributed by atoms with Gasteiger partial charge in [-0.3, -0.25) is 0 Å². The van der Waals surface area contributed by atoms with Gasteiger partial charge in [-0.15, -0.1) is 0 Å². The first-order valence-corrected chi connectivity index (χ1v) is 10.4. The van der Waals surface area contributed by atoms with Crippen LogP contribution in [0.1, 0.15) is 0 Å². The number of methoxy groups -OCH3 is 1. The van der Waals surface area contributed by atoms with Crippen LogP contribution in [0.4, 0.5) is 23.0 Å². The Morgan fingerprint density at radius 1 is 1.19 bits per heavy atom. The summed E-state index contributed by atoms with van der Waals surface area (Å²) in [5.74, 6) is 1.67. The smallest absolute Gasteiger partial charge is 0.230 e. The van der Waals surface area contributed by atoms with Crippen LogP contribution in [-0.4, -0.2) is 65.2 Å². The van der Waals surface area contributed by atoms with Gasteiger partial charge < -0.3 is 30.6 Å². The number of benzene rings is 2. The van der Waals surface area contributed by atoms with Crippen LogP contribution in [0.3, 0.4) is 0 Å². The van der Waals surface area contributed by atoms with Crippen LogP contribution in [0.2, 0.25) is 0 Å². The molecule has 3 heterocycles. The molecule has 0 unspecified atom stereocenters. The van der Waals surface area contributed by atoms with Gasteiger partial charge in [0, 0.05) is 42.3 Å². The second kappa shape index (κ2) is 8.01. The van der Waals surface area contributed by atoms with Crippen molar-refractivity contribution in [1.29, 1.82) is 0 Å². The van der Waals surface area contributed by atoms with E-state index >= 15 is 0 Å². The lowest BCUT2D eigenvalue weighted by Crippen LogP contribution is -2.57. The van der Waals surface area contributed by atoms with Crippen LogP contribution in [0, 0.1) is 0 Å². The lowest BCUT2D eigenvalue weighted by atomic mass is 10.1. The third kappa shape index (κ3) is 3.56. The fourth-order valence-electron chi connectivity index (χ4n) is 3.98. The van der Waals surface area contributed by atoms with Crippen molar-refractivity contribution in [2.24, 2.45) is 0 Å². The third-order valence-electron chi connectivity index (χ3n) is 5.93. The summed E-state index contributed by atoms with van der Waals surface area (Å²) < 4.78 is 5.64. The van der Waals surface area contributed by atoms with Crippen LogP contribution >= 0.6 is 0 Å². The van der Waals surface area contributed by atoms with Crippen molar-refractivity contribution in [3.05, 3.63) is 48.9 Å². The van der Waals surface area contributed by atoms with Crippen molar-refractivity contribution in [2.75, 3.05) is 50.2 Å². The van der Waals surface area contributed by atoms with E-state index in [1.54, 1.807) is 7.11 Å². The molecule has 0 aliphatic carbocycles. The molecule has 9 nitrogen and oxygen atoms in total. The summed E-state index contributed by atoms with van der Waals surface area (Å²) in [4.78, 5) is 21.0. The summed E-state index contributed by atoms with van der Waals surface area (Å²) in [6.07, 6.45) is 3.40. The van der Waals surface area contributed by atoms with Gasteiger partial charge in [0.2, 0.25) is 5.95 Å². The molecule has 1 fully saturated rings. The molecule has 1 aliphatic rings. The molecule has 0 amide bonds.